The monoisotopic (exact) mass is 718 g/mol. The molecule has 0 saturated carbocycles. The maximum atomic E-state index is 5.25. The van der Waals surface area contributed by atoms with Crippen molar-refractivity contribution in [3.05, 3.63) is 193 Å². The van der Waals surface area contributed by atoms with E-state index in [2.05, 4.69) is 200 Å². The Morgan fingerprint density at radius 1 is 0.589 bits per heavy atom. The molecule has 2 aliphatic rings. The first-order valence-electron chi connectivity index (χ1n) is 19.4. The van der Waals surface area contributed by atoms with Gasteiger partial charge in [-0.2, -0.15) is 0 Å². The number of imidazole rings is 1. The predicted molar refractivity (Wildman–Crippen MR) is 233 cm³/mol. The number of rotatable bonds is 5. The standard InChI is InChI=1S/C52H38N4/c1-52(2)43-22-9-8-19-37(43)40-30-41-42(31-44(40)52)50(35-26-27-46(54-32-35)45-23-12-13-28-53-45)39-21-7-6-20-38(39)49(41)33-15-14-16-34(29-33)51-55-47-24-10-11-25-48(47)56(51)36-17-4-3-5-18-36/h3-27,29-32,53H,28H2,1-2H3. The Hall–Kier alpha value is -7.04. The van der Waals surface area contributed by atoms with Crippen molar-refractivity contribution in [2.45, 2.75) is 19.3 Å². The van der Waals surface area contributed by atoms with Crippen LogP contribution in [0, 0.1) is 0 Å². The van der Waals surface area contributed by atoms with Crippen LogP contribution in [0.2, 0.25) is 0 Å². The zero-order valence-electron chi connectivity index (χ0n) is 31.3. The Morgan fingerprint density at radius 2 is 1.32 bits per heavy atom. The van der Waals surface area contributed by atoms with Gasteiger partial charge >= 0.3 is 0 Å². The van der Waals surface area contributed by atoms with Gasteiger partial charge in [0, 0.05) is 35.0 Å². The number of hydrogen-bond donors (Lipinski definition) is 1. The van der Waals surface area contributed by atoms with Crippen molar-refractivity contribution >= 4 is 38.3 Å². The predicted octanol–water partition coefficient (Wildman–Crippen LogP) is 12.5. The number of pyridine rings is 1. The second kappa shape index (κ2) is 12.5. The summed E-state index contributed by atoms with van der Waals surface area (Å²) in [5.74, 6) is 0.922. The molecule has 0 radical (unpaired) electrons. The summed E-state index contributed by atoms with van der Waals surface area (Å²) in [4.78, 5) is 10.3. The van der Waals surface area contributed by atoms with E-state index in [1.807, 2.05) is 0 Å². The Labute approximate surface area is 326 Å². The van der Waals surface area contributed by atoms with Gasteiger partial charge in [-0.3, -0.25) is 9.55 Å². The van der Waals surface area contributed by atoms with Crippen molar-refractivity contribution in [3.8, 4) is 50.5 Å². The fourth-order valence-corrected chi connectivity index (χ4v) is 9.20. The highest BCUT2D eigenvalue weighted by molar-refractivity contribution is 6.22. The van der Waals surface area contributed by atoms with Gasteiger partial charge in [0.05, 0.1) is 22.4 Å². The van der Waals surface area contributed by atoms with Gasteiger partial charge in [0.25, 0.3) is 0 Å². The molecule has 0 unspecified atom stereocenters. The van der Waals surface area contributed by atoms with E-state index in [1.165, 1.54) is 54.9 Å². The van der Waals surface area contributed by atoms with Crippen LogP contribution in [0.4, 0.5) is 0 Å². The molecule has 4 nitrogen and oxygen atoms in total. The summed E-state index contributed by atoms with van der Waals surface area (Å²) in [6.07, 6.45) is 8.36. The number of dihydropyridines is 1. The molecule has 0 fully saturated rings. The van der Waals surface area contributed by atoms with Crippen molar-refractivity contribution in [2.75, 3.05) is 6.54 Å². The third kappa shape index (κ3) is 4.92. The number of benzene rings is 7. The lowest BCUT2D eigenvalue weighted by atomic mass is 9.79. The van der Waals surface area contributed by atoms with Gasteiger partial charge in [-0.05, 0) is 115 Å². The molecule has 0 bridgehead atoms. The first-order chi connectivity index (χ1) is 27.5. The van der Waals surface area contributed by atoms with Crippen LogP contribution in [0.25, 0.3) is 88.7 Å². The summed E-state index contributed by atoms with van der Waals surface area (Å²) in [6.45, 7) is 5.54. The Balaban J connectivity index is 1.20. The van der Waals surface area contributed by atoms with Gasteiger partial charge in [-0.1, -0.05) is 129 Å². The summed E-state index contributed by atoms with van der Waals surface area (Å²) in [7, 11) is 0. The molecule has 1 aliphatic heterocycles. The van der Waals surface area contributed by atoms with Crippen LogP contribution < -0.4 is 5.32 Å². The third-order valence-electron chi connectivity index (χ3n) is 11.8. The second-order valence-corrected chi connectivity index (χ2v) is 15.4. The number of nitrogens with zero attached hydrogens (tertiary/aromatic N) is 3. The van der Waals surface area contributed by atoms with E-state index in [0.29, 0.717) is 0 Å². The molecule has 9 aromatic rings. The molecule has 0 atom stereocenters. The lowest BCUT2D eigenvalue weighted by molar-refractivity contribution is 0.661. The van der Waals surface area contributed by atoms with Crippen molar-refractivity contribution in [1.82, 2.24) is 19.9 Å². The molecule has 11 rings (SSSR count). The van der Waals surface area contributed by atoms with E-state index < -0.39 is 0 Å². The normalized spacial score (nSPS) is 14.1. The van der Waals surface area contributed by atoms with Crippen LogP contribution in [0.5, 0.6) is 0 Å². The number of aromatic nitrogens is 3. The van der Waals surface area contributed by atoms with Crippen molar-refractivity contribution in [2.24, 2.45) is 0 Å². The van der Waals surface area contributed by atoms with Gasteiger partial charge in [0.2, 0.25) is 0 Å². The quantitative estimate of drug-likeness (QED) is 0.180. The first kappa shape index (κ1) is 32.4. The highest BCUT2D eigenvalue weighted by Gasteiger charge is 2.36. The van der Waals surface area contributed by atoms with Crippen LogP contribution in [-0.4, -0.2) is 21.1 Å². The molecule has 2 aromatic heterocycles. The number of fused-ring (bicyclic) bond motifs is 6. The lowest BCUT2D eigenvalue weighted by Gasteiger charge is -2.24. The minimum absolute atomic E-state index is 0.144. The number of nitrogens with one attached hydrogen (secondary N) is 1. The largest absolute Gasteiger partial charge is 0.380 e. The fraction of sp³-hybridized carbons (Fsp3) is 0.0769. The lowest BCUT2D eigenvalue weighted by Crippen LogP contribution is -2.15. The van der Waals surface area contributed by atoms with Gasteiger partial charge in [0.1, 0.15) is 5.82 Å². The van der Waals surface area contributed by atoms with Gasteiger partial charge in [-0.15, -0.1) is 0 Å². The van der Waals surface area contributed by atoms with Crippen LogP contribution >= 0.6 is 0 Å². The van der Waals surface area contributed by atoms with Crippen LogP contribution in [-0.2, 0) is 5.41 Å². The van der Waals surface area contributed by atoms with Gasteiger partial charge in [0.15, 0.2) is 0 Å². The van der Waals surface area contributed by atoms with E-state index in [9.17, 15) is 0 Å². The first-order valence-corrected chi connectivity index (χ1v) is 19.4. The maximum absolute atomic E-state index is 5.25. The highest BCUT2D eigenvalue weighted by Crippen LogP contribution is 2.53. The molecule has 0 saturated heterocycles. The Morgan fingerprint density at radius 3 is 2.12 bits per heavy atom. The molecular weight excluding hydrogens is 681 g/mol. The van der Waals surface area contributed by atoms with E-state index in [0.717, 1.165) is 57.2 Å². The molecule has 56 heavy (non-hydrogen) atoms. The Bertz CT molecular complexity index is 3090. The summed E-state index contributed by atoms with van der Waals surface area (Å²) in [5.41, 5.74) is 16.1. The summed E-state index contributed by atoms with van der Waals surface area (Å²) in [5, 5.41) is 8.34. The van der Waals surface area contributed by atoms with Crippen LogP contribution in [0.3, 0.4) is 0 Å². The minimum atomic E-state index is -0.144. The molecule has 0 amide bonds. The molecule has 4 heteroatoms. The third-order valence-corrected chi connectivity index (χ3v) is 11.8. The summed E-state index contributed by atoms with van der Waals surface area (Å²) < 4.78 is 2.28. The van der Waals surface area contributed by atoms with Crippen molar-refractivity contribution in [3.63, 3.8) is 0 Å². The highest BCUT2D eigenvalue weighted by atomic mass is 15.1. The SMILES string of the molecule is CC1(C)c2ccccc2-c2cc3c(-c4cccc(-c5nc6ccccc6n5-c5ccccc5)c4)c4ccccc4c(-c4ccc(C5=CC=CCN5)nc4)c3cc21. The maximum Gasteiger partial charge on any atom is 0.145 e. The van der Waals surface area contributed by atoms with Crippen molar-refractivity contribution < 1.29 is 0 Å². The van der Waals surface area contributed by atoms with Crippen LogP contribution in [0.15, 0.2) is 176 Å². The molecule has 1 aliphatic carbocycles. The van der Waals surface area contributed by atoms with Gasteiger partial charge in [-0.25, -0.2) is 4.98 Å². The Kier molecular flexibility index (Phi) is 7.23. The minimum Gasteiger partial charge on any atom is -0.380 e. The number of para-hydroxylation sites is 3. The average Bonchev–Trinajstić information content (AvgIpc) is 3.75. The second-order valence-electron chi connectivity index (χ2n) is 15.4. The van der Waals surface area contributed by atoms with E-state index in [4.69, 9.17) is 9.97 Å². The molecule has 1 N–H and O–H groups in total. The molecule has 0 spiro atoms. The van der Waals surface area contributed by atoms with Gasteiger partial charge < -0.3 is 5.32 Å². The van der Waals surface area contributed by atoms with E-state index >= 15 is 0 Å². The molecule has 266 valence electrons. The molecular formula is C52H38N4. The zero-order valence-corrected chi connectivity index (χ0v) is 31.3. The zero-order chi connectivity index (χ0) is 37.4. The number of allylic oxidation sites excluding steroid dienone is 2. The number of hydrogen-bond acceptors (Lipinski definition) is 3. The summed E-state index contributed by atoms with van der Waals surface area (Å²) in [6, 6.07) is 55.1. The topological polar surface area (TPSA) is 42.7 Å². The smallest absolute Gasteiger partial charge is 0.145 e. The van der Waals surface area contributed by atoms with E-state index in [-0.39, 0.29) is 5.41 Å². The molecule has 3 heterocycles. The average molecular weight is 719 g/mol. The van der Waals surface area contributed by atoms with Crippen LogP contribution in [0.1, 0.15) is 30.7 Å². The molecule has 7 aromatic carbocycles. The van der Waals surface area contributed by atoms with E-state index in [1.54, 1.807) is 0 Å². The summed E-state index contributed by atoms with van der Waals surface area (Å²) >= 11 is 0. The van der Waals surface area contributed by atoms with Crippen molar-refractivity contribution in [1.29, 1.82) is 0 Å². The fourth-order valence-electron chi connectivity index (χ4n) is 9.20.